The number of para-hydroxylation sites is 1. The zero-order valence-electron chi connectivity index (χ0n) is 15.2. The molecule has 0 aromatic heterocycles. The minimum Gasteiger partial charge on any atom is -0.308 e. The van der Waals surface area contributed by atoms with Crippen LogP contribution in [-0.4, -0.2) is 26.9 Å². The van der Waals surface area contributed by atoms with Crippen LogP contribution in [0.3, 0.4) is 0 Å². The van der Waals surface area contributed by atoms with Gasteiger partial charge in [0.2, 0.25) is 5.91 Å². The highest BCUT2D eigenvalue weighted by molar-refractivity contribution is 9.10. The third kappa shape index (κ3) is 3.53. The van der Waals surface area contributed by atoms with Crippen LogP contribution in [0, 0.1) is 0 Å². The Morgan fingerprint density at radius 1 is 1.33 bits per heavy atom. The van der Waals surface area contributed by atoms with Crippen LogP contribution in [0.4, 0.5) is 11.4 Å². The summed E-state index contributed by atoms with van der Waals surface area (Å²) in [6.45, 7) is 7.21. The van der Waals surface area contributed by atoms with E-state index >= 15 is 0 Å². The maximum absolute atomic E-state index is 13.6. The van der Waals surface area contributed by atoms with Gasteiger partial charge in [-0.25, -0.2) is 8.42 Å². The summed E-state index contributed by atoms with van der Waals surface area (Å²) in [5, 5.41) is 0. The molecule has 1 atom stereocenters. The largest absolute Gasteiger partial charge is 0.308 e. The van der Waals surface area contributed by atoms with Gasteiger partial charge in [0, 0.05) is 17.4 Å². The van der Waals surface area contributed by atoms with Crippen LogP contribution in [-0.2, 0) is 21.2 Å². The first-order valence-electron chi connectivity index (χ1n) is 8.58. The van der Waals surface area contributed by atoms with E-state index in [9.17, 15) is 13.2 Å². The summed E-state index contributed by atoms with van der Waals surface area (Å²) in [7, 11) is -3.92. The summed E-state index contributed by atoms with van der Waals surface area (Å²) in [5.41, 5.74) is 1.87. The fraction of sp³-hybridized carbons (Fsp3) is 0.250. The van der Waals surface area contributed by atoms with E-state index in [2.05, 4.69) is 22.5 Å². The van der Waals surface area contributed by atoms with E-state index in [0.29, 0.717) is 22.3 Å². The Bertz CT molecular complexity index is 990. The smallest absolute Gasteiger partial charge is 0.266 e. The molecule has 0 radical (unpaired) electrons. The zero-order chi connectivity index (χ0) is 19.8. The van der Waals surface area contributed by atoms with Crippen molar-refractivity contribution < 1.29 is 13.2 Å². The number of hydrogen-bond donors (Lipinski definition) is 0. The van der Waals surface area contributed by atoms with Crippen molar-refractivity contribution in [3.8, 4) is 0 Å². The number of halogens is 1. The molecular weight excluding hydrogens is 428 g/mol. The number of nitrogens with zero attached hydrogens (tertiary/aromatic N) is 2. The van der Waals surface area contributed by atoms with Gasteiger partial charge >= 0.3 is 0 Å². The second-order valence-electron chi connectivity index (χ2n) is 6.51. The van der Waals surface area contributed by atoms with E-state index < -0.39 is 10.0 Å². The molecule has 7 heteroatoms. The van der Waals surface area contributed by atoms with Crippen molar-refractivity contribution in [1.29, 1.82) is 0 Å². The first kappa shape index (κ1) is 19.6. The molecule has 1 aliphatic rings. The Morgan fingerprint density at radius 3 is 2.59 bits per heavy atom. The van der Waals surface area contributed by atoms with Crippen molar-refractivity contribution in [2.45, 2.75) is 31.2 Å². The summed E-state index contributed by atoms with van der Waals surface area (Å²) in [4.78, 5) is 13.9. The van der Waals surface area contributed by atoms with E-state index in [1.165, 1.54) is 11.2 Å². The Hall–Kier alpha value is -2.12. The summed E-state index contributed by atoms with van der Waals surface area (Å²) >= 11 is 3.42. The van der Waals surface area contributed by atoms with Crippen molar-refractivity contribution >= 4 is 43.2 Å². The van der Waals surface area contributed by atoms with E-state index in [0.717, 1.165) is 5.56 Å². The number of amides is 1. The number of hydrogen-bond acceptors (Lipinski definition) is 3. The molecule has 0 fully saturated rings. The fourth-order valence-electron chi connectivity index (χ4n) is 3.52. The molecule has 27 heavy (non-hydrogen) atoms. The van der Waals surface area contributed by atoms with Crippen LogP contribution < -0.4 is 9.21 Å². The van der Waals surface area contributed by atoms with Crippen molar-refractivity contribution in [3.63, 3.8) is 0 Å². The number of rotatable bonds is 5. The highest BCUT2D eigenvalue weighted by atomic mass is 79.9. The highest BCUT2D eigenvalue weighted by Crippen LogP contribution is 2.41. The molecule has 2 aromatic rings. The number of carbonyl (C=O) groups is 1. The van der Waals surface area contributed by atoms with Crippen molar-refractivity contribution in [1.82, 2.24) is 0 Å². The van der Waals surface area contributed by atoms with Gasteiger partial charge in [0.25, 0.3) is 10.0 Å². The monoisotopic (exact) mass is 448 g/mol. The number of carbonyl (C=O) groups excluding carboxylic acids is 1. The number of benzene rings is 2. The molecule has 3 rings (SSSR count). The average molecular weight is 449 g/mol. The lowest BCUT2D eigenvalue weighted by molar-refractivity contribution is -0.116. The maximum atomic E-state index is 13.6. The molecule has 1 amide bonds. The predicted molar refractivity (Wildman–Crippen MR) is 112 cm³/mol. The molecule has 1 aliphatic heterocycles. The highest BCUT2D eigenvalue weighted by Gasteiger charge is 2.37. The van der Waals surface area contributed by atoms with Gasteiger partial charge in [-0.15, -0.1) is 6.58 Å². The Kier molecular flexibility index (Phi) is 5.44. The van der Waals surface area contributed by atoms with Crippen LogP contribution in [0.15, 0.2) is 64.5 Å². The SMILES string of the molecule is C=CCN(c1ccccc1)S(=O)(=O)c1cc(Br)cc2c1N(C(C)=O)[C@H](C)C2. The van der Waals surface area contributed by atoms with Crippen LogP contribution in [0.5, 0.6) is 0 Å². The van der Waals surface area contributed by atoms with Crippen LogP contribution in [0.25, 0.3) is 0 Å². The van der Waals surface area contributed by atoms with Gasteiger partial charge in [-0.3, -0.25) is 9.10 Å². The average Bonchev–Trinajstić information content (AvgIpc) is 2.95. The van der Waals surface area contributed by atoms with Gasteiger partial charge < -0.3 is 4.90 Å². The third-order valence-electron chi connectivity index (χ3n) is 4.56. The molecule has 0 N–H and O–H groups in total. The molecule has 5 nitrogen and oxygen atoms in total. The Labute approximate surface area is 168 Å². The maximum Gasteiger partial charge on any atom is 0.266 e. The summed E-state index contributed by atoms with van der Waals surface area (Å²) in [6.07, 6.45) is 2.16. The van der Waals surface area contributed by atoms with Crippen molar-refractivity contribution in [2.24, 2.45) is 0 Å². The van der Waals surface area contributed by atoms with Gasteiger partial charge in [0.05, 0.1) is 17.9 Å². The molecule has 2 aromatic carbocycles. The van der Waals surface area contributed by atoms with Gasteiger partial charge in [-0.1, -0.05) is 40.2 Å². The lowest BCUT2D eigenvalue weighted by atomic mass is 10.1. The van der Waals surface area contributed by atoms with Crippen molar-refractivity contribution in [2.75, 3.05) is 15.7 Å². The Balaban J connectivity index is 2.23. The molecule has 0 aliphatic carbocycles. The second-order valence-corrected chi connectivity index (χ2v) is 9.26. The topological polar surface area (TPSA) is 57.7 Å². The molecule has 0 bridgehead atoms. The number of anilines is 2. The normalized spacial score (nSPS) is 16.1. The first-order chi connectivity index (χ1) is 12.8. The van der Waals surface area contributed by atoms with E-state index in [1.54, 1.807) is 41.3 Å². The molecule has 1 heterocycles. The van der Waals surface area contributed by atoms with Crippen LogP contribution >= 0.6 is 15.9 Å². The van der Waals surface area contributed by atoms with Crippen LogP contribution in [0.1, 0.15) is 19.4 Å². The quantitative estimate of drug-likeness (QED) is 0.646. The fourth-order valence-corrected chi connectivity index (χ4v) is 5.87. The van der Waals surface area contributed by atoms with Crippen molar-refractivity contribution in [3.05, 3.63) is 65.2 Å². The second kappa shape index (κ2) is 7.48. The van der Waals surface area contributed by atoms with E-state index in [4.69, 9.17) is 0 Å². The minimum absolute atomic E-state index is 0.0923. The third-order valence-corrected chi connectivity index (χ3v) is 6.83. The first-order valence-corrected chi connectivity index (χ1v) is 10.8. The summed E-state index contributed by atoms with van der Waals surface area (Å²) < 4.78 is 29.2. The van der Waals surface area contributed by atoms with E-state index in [-0.39, 0.29) is 23.4 Å². The molecule has 0 spiro atoms. The Morgan fingerprint density at radius 2 is 2.00 bits per heavy atom. The molecule has 0 saturated heterocycles. The van der Waals surface area contributed by atoms with Crippen LogP contribution in [0.2, 0.25) is 0 Å². The van der Waals surface area contributed by atoms with Gasteiger partial charge in [0.1, 0.15) is 4.90 Å². The van der Waals surface area contributed by atoms with Gasteiger partial charge in [0.15, 0.2) is 0 Å². The molecule has 0 saturated carbocycles. The summed E-state index contributed by atoms with van der Waals surface area (Å²) in [6, 6.07) is 12.3. The zero-order valence-corrected chi connectivity index (χ0v) is 17.6. The predicted octanol–water partition coefficient (Wildman–Crippen LogP) is 4.13. The van der Waals surface area contributed by atoms with Gasteiger partial charge in [-0.05, 0) is 43.2 Å². The molecule has 0 unspecified atom stereocenters. The lowest BCUT2D eigenvalue weighted by Crippen LogP contribution is -2.36. The minimum atomic E-state index is -3.92. The van der Waals surface area contributed by atoms with Gasteiger partial charge in [-0.2, -0.15) is 0 Å². The molecule has 142 valence electrons. The standard InChI is InChI=1S/C20H21BrN2O3S/c1-4-10-22(18-8-6-5-7-9-18)27(25,26)19-13-17(21)12-16-11-14(2)23(15(3)24)20(16)19/h4-9,12-14H,1,10-11H2,2-3H3/t14-/m1/s1. The number of fused-ring (bicyclic) bond motifs is 1. The number of sulfonamides is 1. The lowest BCUT2D eigenvalue weighted by Gasteiger charge is -2.27. The molecular formula is C20H21BrN2O3S. The van der Waals surface area contributed by atoms with E-state index in [1.807, 2.05) is 19.1 Å². The summed E-state index contributed by atoms with van der Waals surface area (Å²) in [5.74, 6) is -0.171.